The van der Waals surface area contributed by atoms with E-state index in [1.807, 2.05) is 12.3 Å². The minimum atomic E-state index is -0.841. The Morgan fingerprint density at radius 1 is 1.37 bits per heavy atom. The summed E-state index contributed by atoms with van der Waals surface area (Å²) in [5.41, 5.74) is 0.0115. The molecule has 2 fully saturated rings. The number of ether oxygens (including phenoxy) is 1. The number of aromatic amines is 1. The van der Waals surface area contributed by atoms with Gasteiger partial charge in [-0.05, 0) is 44.6 Å². The SMILES string of the molecule is CN(c1ncnc2[nH]ccc12)C1C[C@@H]2CN(C(=O)OC(C)(C)CO)C[C@@H]2C1. The molecule has 3 heterocycles. The molecule has 2 N–H and O–H groups in total. The summed E-state index contributed by atoms with van der Waals surface area (Å²) in [5, 5.41) is 10.3. The number of H-pyrrole nitrogens is 1. The highest BCUT2D eigenvalue weighted by Gasteiger charge is 2.45. The zero-order valence-electron chi connectivity index (χ0n) is 16.1. The molecule has 2 aromatic rings. The van der Waals surface area contributed by atoms with Crippen molar-refractivity contribution in [3.8, 4) is 0 Å². The summed E-state index contributed by atoms with van der Waals surface area (Å²) in [6, 6.07) is 2.41. The fourth-order valence-corrected chi connectivity index (χ4v) is 4.38. The largest absolute Gasteiger partial charge is 0.441 e. The predicted octanol–water partition coefficient (Wildman–Crippen LogP) is 2.01. The highest BCUT2D eigenvalue weighted by Crippen LogP contribution is 2.41. The van der Waals surface area contributed by atoms with Crippen LogP contribution in [0.1, 0.15) is 26.7 Å². The maximum Gasteiger partial charge on any atom is 0.410 e. The van der Waals surface area contributed by atoms with Gasteiger partial charge in [0.15, 0.2) is 0 Å². The molecule has 3 atom stereocenters. The summed E-state index contributed by atoms with van der Waals surface area (Å²) in [4.78, 5) is 28.3. The monoisotopic (exact) mass is 373 g/mol. The normalized spacial score (nSPS) is 25.0. The molecular weight excluding hydrogens is 346 g/mol. The summed E-state index contributed by atoms with van der Waals surface area (Å²) < 4.78 is 5.43. The number of amides is 1. The lowest BCUT2D eigenvalue weighted by Gasteiger charge is -2.29. The van der Waals surface area contributed by atoms with Crippen molar-refractivity contribution in [1.82, 2.24) is 19.9 Å². The van der Waals surface area contributed by atoms with Crippen molar-refractivity contribution in [2.24, 2.45) is 11.8 Å². The fourth-order valence-electron chi connectivity index (χ4n) is 4.38. The lowest BCUT2D eigenvalue weighted by Crippen LogP contribution is -2.40. The van der Waals surface area contributed by atoms with E-state index in [2.05, 4.69) is 26.9 Å². The van der Waals surface area contributed by atoms with Gasteiger partial charge in [0, 0.05) is 32.4 Å². The van der Waals surface area contributed by atoms with Crippen molar-refractivity contribution >= 4 is 22.9 Å². The Morgan fingerprint density at radius 2 is 2.07 bits per heavy atom. The number of aromatic nitrogens is 3. The molecule has 8 nitrogen and oxygen atoms in total. The van der Waals surface area contributed by atoms with E-state index in [0.717, 1.165) is 42.8 Å². The second-order valence-corrected chi connectivity index (χ2v) is 8.38. The van der Waals surface area contributed by atoms with E-state index in [1.165, 1.54) is 0 Å². The molecule has 2 aliphatic rings. The number of aliphatic hydroxyl groups excluding tert-OH is 1. The number of anilines is 1. The molecule has 146 valence electrons. The molecule has 1 aliphatic heterocycles. The number of nitrogens with zero attached hydrogens (tertiary/aromatic N) is 4. The molecule has 1 amide bonds. The molecule has 4 rings (SSSR count). The number of fused-ring (bicyclic) bond motifs is 2. The van der Waals surface area contributed by atoms with E-state index >= 15 is 0 Å². The van der Waals surface area contributed by atoms with Crippen LogP contribution in [0.3, 0.4) is 0 Å². The fraction of sp³-hybridized carbons (Fsp3) is 0.632. The van der Waals surface area contributed by atoms with E-state index in [0.29, 0.717) is 17.9 Å². The van der Waals surface area contributed by atoms with Gasteiger partial charge >= 0.3 is 6.09 Å². The van der Waals surface area contributed by atoms with E-state index in [1.54, 1.807) is 25.1 Å². The second-order valence-electron chi connectivity index (χ2n) is 8.38. The van der Waals surface area contributed by atoms with Crippen LogP contribution in [0.25, 0.3) is 11.0 Å². The Balaban J connectivity index is 1.40. The molecular formula is C19H27N5O3. The zero-order chi connectivity index (χ0) is 19.2. The van der Waals surface area contributed by atoms with Gasteiger partial charge in [0.2, 0.25) is 0 Å². The lowest BCUT2D eigenvalue weighted by molar-refractivity contribution is -0.0189. The van der Waals surface area contributed by atoms with Gasteiger partial charge in [-0.15, -0.1) is 0 Å². The van der Waals surface area contributed by atoms with Gasteiger partial charge in [-0.3, -0.25) is 0 Å². The first-order chi connectivity index (χ1) is 12.9. The van der Waals surface area contributed by atoms with Crippen molar-refractivity contribution in [2.45, 2.75) is 38.3 Å². The molecule has 0 bridgehead atoms. The number of rotatable bonds is 4. The van der Waals surface area contributed by atoms with Gasteiger partial charge in [-0.2, -0.15) is 0 Å². The van der Waals surface area contributed by atoms with Crippen LogP contribution in [-0.2, 0) is 4.74 Å². The molecule has 0 spiro atoms. The van der Waals surface area contributed by atoms with E-state index in [9.17, 15) is 9.90 Å². The summed E-state index contributed by atoms with van der Waals surface area (Å²) in [6.45, 7) is 4.70. The minimum Gasteiger partial charge on any atom is -0.441 e. The first-order valence-corrected chi connectivity index (χ1v) is 9.47. The highest BCUT2D eigenvalue weighted by atomic mass is 16.6. The van der Waals surface area contributed by atoms with Crippen LogP contribution in [0, 0.1) is 11.8 Å². The minimum absolute atomic E-state index is 0.182. The Hall–Kier alpha value is -2.35. The van der Waals surface area contributed by atoms with Gasteiger partial charge in [0.05, 0.1) is 12.0 Å². The van der Waals surface area contributed by atoms with E-state index in [-0.39, 0.29) is 12.7 Å². The quantitative estimate of drug-likeness (QED) is 0.851. The highest BCUT2D eigenvalue weighted by molar-refractivity contribution is 5.87. The molecule has 27 heavy (non-hydrogen) atoms. The molecule has 0 aromatic carbocycles. The van der Waals surface area contributed by atoms with Gasteiger partial charge in [0.25, 0.3) is 0 Å². The van der Waals surface area contributed by atoms with Crippen molar-refractivity contribution in [3.63, 3.8) is 0 Å². The standard InChI is InChI=1S/C19H27N5O3/c1-19(2,10-25)27-18(26)24-8-12-6-14(7-13(12)9-24)23(3)17-15-4-5-20-16(15)21-11-22-17/h4-5,11-14,25H,6-10H2,1-3H3,(H,20,21,22)/t12-,13+,14?. The Bertz CT molecular complexity index is 822. The van der Waals surface area contributed by atoms with Crippen molar-refractivity contribution in [2.75, 3.05) is 31.6 Å². The number of aliphatic hydroxyl groups is 1. The van der Waals surface area contributed by atoms with Gasteiger partial charge in [-0.25, -0.2) is 14.8 Å². The molecule has 0 radical (unpaired) electrons. The summed E-state index contributed by atoms with van der Waals surface area (Å²) in [6.07, 6.45) is 5.23. The predicted molar refractivity (Wildman–Crippen MR) is 102 cm³/mol. The van der Waals surface area contributed by atoms with Crippen LogP contribution in [0.15, 0.2) is 18.6 Å². The smallest absolute Gasteiger partial charge is 0.410 e. The third-order valence-electron chi connectivity index (χ3n) is 5.94. The molecule has 1 unspecified atom stereocenters. The average Bonchev–Trinajstić information content (AvgIpc) is 3.34. The number of carbonyl (C=O) groups is 1. The zero-order valence-corrected chi connectivity index (χ0v) is 16.1. The third-order valence-corrected chi connectivity index (χ3v) is 5.94. The summed E-state index contributed by atoms with van der Waals surface area (Å²) in [5.74, 6) is 1.91. The number of nitrogens with one attached hydrogen (secondary N) is 1. The number of hydrogen-bond acceptors (Lipinski definition) is 6. The number of carbonyl (C=O) groups excluding carboxylic acids is 1. The van der Waals surface area contributed by atoms with Gasteiger partial charge < -0.3 is 24.6 Å². The van der Waals surface area contributed by atoms with E-state index in [4.69, 9.17) is 4.74 Å². The van der Waals surface area contributed by atoms with Crippen LogP contribution >= 0.6 is 0 Å². The average molecular weight is 373 g/mol. The van der Waals surface area contributed by atoms with Crippen molar-refractivity contribution < 1.29 is 14.6 Å². The molecule has 2 aromatic heterocycles. The van der Waals surface area contributed by atoms with Crippen molar-refractivity contribution in [3.05, 3.63) is 18.6 Å². The third kappa shape index (κ3) is 3.34. The molecule has 1 saturated carbocycles. The van der Waals surface area contributed by atoms with Gasteiger partial charge in [-0.1, -0.05) is 0 Å². The van der Waals surface area contributed by atoms with Crippen LogP contribution in [0.2, 0.25) is 0 Å². The maximum atomic E-state index is 12.4. The van der Waals surface area contributed by atoms with Crippen molar-refractivity contribution in [1.29, 1.82) is 0 Å². The summed E-state index contributed by atoms with van der Waals surface area (Å²) in [7, 11) is 2.09. The van der Waals surface area contributed by atoms with Crippen LogP contribution < -0.4 is 4.90 Å². The maximum absolute atomic E-state index is 12.4. The van der Waals surface area contributed by atoms with Crippen LogP contribution in [-0.4, -0.2) is 69.4 Å². The first kappa shape index (κ1) is 18.0. The Labute approximate surface area is 158 Å². The molecule has 1 saturated heterocycles. The Kier molecular flexibility index (Phi) is 4.46. The van der Waals surface area contributed by atoms with Crippen LogP contribution in [0.5, 0.6) is 0 Å². The lowest BCUT2D eigenvalue weighted by atomic mass is 10.0. The number of hydrogen-bond donors (Lipinski definition) is 2. The first-order valence-electron chi connectivity index (χ1n) is 9.47. The second kappa shape index (κ2) is 6.67. The van der Waals surface area contributed by atoms with E-state index < -0.39 is 5.60 Å². The van der Waals surface area contributed by atoms with Crippen LogP contribution in [0.4, 0.5) is 10.6 Å². The molecule has 1 aliphatic carbocycles. The molecule has 8 heteroatoms. The number of likely N-dealkylation sites (tertiary alicyclic amines) is 1. The topological polar surface area (TPSA) is 94.6 Å². The summed E-state index contributed by atoms with van der Waals surface area (Å²) >= 11 is 0. The van der Waals surface area contributed by atoms with Gasteiger partial charge in [0.1, 0.15) is 23.4 Å². The Morgan fingerprint density at radius 3 is 2.74 bits per heavy atom.